The van der Waals surface area contributed by atoms with E-state index in [9.17, 15) is 0 Å². The number of imidazole rings is 1. The number of hydrogen-bond acceptors (Lipinski definition) is 4. The Morgan fingerprint density at radius 1 is 1.03 bits per heavy atom. The van der Waals surface area contributed by atoms with Crippen LogP contribution in [0.1, 0.15) is 41.0 Å². The Bertz CT molecular complexity index is 1020. The first kappa shape index (κ1) is 21.3. The van der Waals surface area contributed by atoms with Crippen LogP contribution >= 0.6 is 11.6 Å². The van der Waals surface area contributed by atoms with E-state index in [1.54, 1.807) is 14.2 Å². The monoisotopic (exact) mass is 415 g/mol. The van der Waals surface area contributed by atoms with Crippen molar-refractivity contribution in [1.29, 1.82) is 0 Å². The molecule has 3 aromatic rings. The fourth-order valence-corrected chi connectivity index (χ4v) is 4.18. The van der Waals surface area contributed by atoms with Gasteiger partial charge in [-0.1, -0.05) is 32.4 Å². The Morgan fingerprint density at radius 2 is 1.76 bits per heavy atom. The highest BCUT2D eigenvalue weighted by molar-refractivity contribution is 6.30. The van der Waals surface area contributed by atoms with E-state index in [0.29, 0.717) is 5.02 Å². The third kappa shape index (κ3) is 4.78. The van der Waals surface area contributed by atoms with E-state index in [4.69, 9.17) is 26.1 Å². The standard InChI is InChI=1S/C23H30ClN3O2/c1-22(2,3)14-23(4,5)26-21-20(25-19-11-8-15(24)13-27(19)21)17-12-16(28-6)9-10-18(17)29-7/h8-13,26H,14H2,1-7H3. The van der Waals surface area contributed by atoms with Crippen LogP contribution in [0.5, 0.6) is 11.5 Å². The molecule has 0 aliphatic carbocycles. The number of nitrogens with zero attached hydrogens (tertiary/aromatic N) is 2. The molecule has 3 rings (SSSR count). The summed E-state index contributed by atoms with van der Waals surface area (Å²) in [6.07, 6.45) is 2.86. The Morgan fingerprint density at radius 3 is 2.38 bits per heavy atom. The molecule has 0 atom stereocenters. The SMILES string of the molecule is COc1ccc(OC)c(-c2nc3ccc(Cl)cn3c2NC(C)(C)CC(C)(C)C)c1. The predicted molar refractivity (Wildman–Crippen MR) is 121 cm³/mol. The van der Waals surface area contributed by atoms with Crippen molar-refractivity contribution in [1.82, 2.24) is 9.38 Å². The summed E-state index contributed by atoms with van der Waals surface area (Å²) in [5.41, 5.74) is 2.47. The van der Waals surface area contributed by atoms with Gasteiger partial charge < -0.3 is 14.8 Å². The van der Waals surface area contributed by atoms with Crippen molar-refractivity contribution < 1.29 is 9.47 Å². The van der Waals surface area contributed by atoms with E-state index in [2.05, 4.69) is 39.9 Å². The van der Waals surface area contributed by atoms with Gasteiger partial charge in [0.15, 0.2) is 0 Å². The molecule has 0 saturated heterocycles. The fraction of sp³-hybridized carbons (Fsp3) is 0.435. The second kappa shape index (κ2) is 7.79. The summed E-state index contributed by atoms with van der Waals surface area (Å²) in [6, 6.07) is 9.49. The number of halogens is 1. The highest BCUT2D eigenvalue weighted by Gasteiger charge is 2.28. The summed E-state index contributed by atoms with van der Waals surface area (Å²) >= 11 is 6.31. The van der Waals surface area contributed by atoms with Crippen LogP contribution in [-0.4, -0.2) is 29.1 Å². The predicted octanol–water partition coefficient (Wildman–Crippen LogP) is 6.30. The maximum atomic E-state index is 6.31. The summed E-state index contributed by atoms with van der Waals surface area (Å²) in [6.45, 7) is 11.1. The molecule has 2 aromatic heterocycles. The Kier molecular flexibility index (Phi) is 5.72. The minimum atomic E-state index is -0.169. The molecule has 0 radical (unpaired) electrons. The van der Waals surface area contributed by atoms with Crippen molar-refractivity contribution in [3.8, 4) is 22.8 Å². The average Bonchev–Trinajstić information content (AvgIpc) is 2.96. The lowest BCUT2D eigenvalue weighted by atomic mass is 9.82. The van der Waals surface area contributed by atoms with Gasteiger partial charge in [0.2, 0.25) is 0 Å². The van der Waals surface area contributed by atoms with Crippen molar-refractivity contribution in [2.45, 2.75) is 46.6 Å². The van der Waals surface area contributed by atoms with Gasteiger partial charge in [-0.15, -0.1) is 0 Å². The molecule has 0 amide bonds. The highest BCUT2D eigenvalue weighted by atomic mass is 35.5. The Balaban J connectivity index is 2.22. The van der Waals surface area contributed by atoms with E-state index < -0.39 is 0 Å². The molecule has 156 valence electrons. The zero-order chi connectivity index (χ0) is 21.4. The largest absolute Gasteiger partial charge is 0.497 e. The summed E-state index contributed by atoms with van der Waals surface area (Å²) in [4.78, 5) is 4.89. The van der Waals surface area contributed by atoms with E-state index in [0.717, 1.165) is 40.6 Å². The summed E-state index contributed by atoms with van der Waals surface area (Å²) in [7, 11) is 3.31. The normalized spacial score (nSPS) is 12.3. The molecule has 5 nitrogen and oxygen atoms in total. The number of fused-ring (bicyclic) bond motifs is 1. The second-order valence-corrected chi connectivity index (χ2v) is 9.63. The number of benzene rings is 1. The lowest BCUT2D eigenvalue weighted by Gasteiger charge is -2.34. The summed E-state index contributed by atoms with van der Waals surface area (Å²) in [5, 5.41) is 4.38. The first-order chi connectivity index (χ1) is 13.5. The smallest absolute Gasteiger partial charge is 0.139 e. The maximum Gasteiger partial charge on any atom is 0.139 e. The van der Waals surface area contributed by atoms with Crippen LogP contribution in [0.4, 0.5) is 5.82 Å². The zero-order valence-corrected chi connectivity index (χ0v) is 19.0. The maximum absolute atomic E-state index is 6.31. The van der Waals surface area contributed by atoms with E-state index >= 15 is 0 Å². The molecule has 2 heterocycles. The fourth-order valence-electron chi connectivity index (χ4n) is 4.02. The van der Waals surface area contributed by atoms with Gasteiger partial charge in [-0.2, -0.15) is 0 Å². The molecule has 0 bridgehead atoms. The van der Waals surface area contributed by atoms with Crippen LogP contribution in [0.2, 0.25) is 5.02 Å². The molecule has 0 fully saturated rings. The topological polar surface area (TPSA) is 47.8 Å². The first-order valence-corrected chi connectivity index (χ1v) is 10.1. The van der Waals surface area contributed by atoms with Gasteiger partial charge in [-0.25, -0.2) is 4.98 Å². The van der Waals surface area contributed by atoms with Crippen molar-refractivity contribution in [3.63, 3.8) is 0 Å². The van der Waals surface area contributed by atoms with Crippen molar-refractivity contribution in [3.05, 3.63) is 41.6 Å². The summed E-state index contributed by atoms with van der Waals surface area (Å²) in [5.74, 6) is 2.36. The molecule has 0 saturated carbocycles. The molecule has 0 aliphatic heterocycles. The van der Waals surface area contributed by atoms with Gasteiger partial charge in [0.05, 0.1) is 19.2 Å². The van der Waals surface area contributed by atoms with Gasteiger partial charge in [-0.3, -0.25) is 4.40 Å². The van der Waals surface area contributed by atoms with Gasteiger partial charge in [0.1, 0.15) is 28.7 Å². The van der Waals surface area contributed by atoms with Crippen LogP contribution < -0.4 is 14.8 Å². The van der Waals surface area contributed by atoms with Crippen molar-refractivity contribution in [2.75, 3.05) is 19.5 Å². The van der Waals surface area contributed by atoms with Gasteiger partial charge in [0, 0.05) is 17.3 Å². The van der Waals surface area contributed by atoms with Gasteiger partial charge in [0.25, 0.3) is 0 Å². The van der Waals surface area contributed by atoms with Crippen LogP contribution in [0.25, 0.3) is 16.9 Å². The highest BCUT2D eigenvalue weighted by Crippen LogP contribution is 2.40. The molecule has 0 aliphatic rings. The molecule has 1 aromatic carbocycles. The van der Waals surface area contributed by atoms with Crippen LogP contribution in [0.3, 0.4) is 0 Å². The first-order valence-electron chi connectivity index (χ1n) is 9.71. The quantitative estimate of drug-likeness (QED) is 0.513. The molecule has 0 spiro atoms. The molecule has 1 N–H and O–H groups in total. The van der Waals surface area contributed by atoms with Gasteiger partial charge in [-0.05, 0) is 56.0 Å². The van der Waals surface area contributed by atoms with E-state index in [1.165, 1.54) is 0 Å². The Labute approximate surface area is 178 Å². The number of rotatable bonds is 6. The lowest BCUT2D eigenvalue weighted by Crippen LogP contribution is -2.36. The van der Waals surface area contributed by atoms with Crippen LogP contribution in [-0.2, 0) is 0 Å². The molecule has 6 heteroatoms. The number of anilines is 1. The van der Waals surface area contributed by atoms with Crippen LogP contribution in [0.15, 0.2) is 36.5 Å². The third-order valence-corrected chi connectivity index (χ3v) is 4.90. The van der Waals surface area contributed by atoms with Crippen molar-refractivity contribution >= 4 is 23.1 Å². The minimum absolute atomic E-state index is 0.169. The average molecular weight is 416 g/mol. The molecular formula is C23H30ClN3O2. The summed E-state index contributed by atoms with van der Waals surface area (Å²) < 4.78 is 13.1. The van der Waals surface area contributed by atoms with E-state index in [1.807, 2.05) is 40.9 Å². The number of pyridine rings is 1. The molecule has 0 unspecified atom stereocenters. The number of aromatic nitrogens is 2. The molecule has 29 heavy (non-hydrogen) atoms. The number of nitrogens with one attached hydrogen (secondary N) is 1. The van der Waals surface area contributed by atoms with Gasteiger partial charge >= 0.3 is 0 Å². The van der Waals surface area contributed by atoms with Crippen molar-refractivity contribution in [2.24, 2.45) is 5.41 Å². The Hall–Kier alpha value is -2.40. The third-order valence-electron chi connectivity index (χ3n) is 4.67. The lowest BCUT2D eigenvalue weighted by molar-refractivity contribution is 0.302. The minimum Gasteiger partial charge on any atom is -0.497 e. The zero-order valence-electron chi connectivity index (χ0n) is 18.3. The number of methoxy groups -OCH3 is 2. The second-order valence-electron chi connectivity index (χ2n) is 9.20. The number of ether oxygens (including phenoxy) is 2. The molecular weight excluding hydrogens is 386 g/mol. The van der Waals surface area contributed by atoms with Crippen LogP contribution in [0, 0.1) is 5.41 Å². The number of hydrogen-bond donors (Lipinski definition) is 1. The van der Waals surface area contributed by atoms with E-state index in [-0.39, 0.29) is 11.0 Å².